The zero-order chi connectivity index (χ0) is 24.6. The number of nitrogens with one attached hydrogen (secondary N) is 1. The molecule has 2 N–H and O–H groups in total. The summed E-state index contributed by atoms with van der Waals surface area (Å²) in [4.78, 5) is 17.8. The molecule has 0 bridgehead atoms. The molecule has 34 heavy (non-hydrogen) atoms. The van der Waals surface area contributed by atoms with Crippen molar-refractivity contribution < 1.29 is 23.1 Å². The largest absolute Gasteiger partial charge is 0.380 e. The first-order chi connectivity index (χ1) is 16.1. The average Bonchev–Trinajstić information content (AvgIpc) is 3.39. The van der Waals surface area contributed by atoms with E-state index >= 15 is 4.39 Å². The highest BCUT2D eigenvalue weighted by Gasteiger charge is 2.44. The third kappa shape index (κ3) is 4.62. The summed E-state index contributed by atoms with van der Waals surface area (Å²) in [6, 6.07) is 2.76. The number of alkyl halides is 1. The summed E-state index contributed by atoms with van der Waals surface area (Å²) in [5.41, 5.74) is -1.53. The Labute approximate surface area is 198 Å². The van der Waals surface area contributed by atoms with Crippen molar-refractivity contribution in [3.63, 3.8) is 0 Å². The second-order valence-corrected chi connectivity index (χ2v) is 8.71. The van der Waals surface area contributed by atoms with Gasteiger partial charge in [0, 0.05) is 23.2 Å². The number of amides is 1. The van der Waals surface area contributed by atoms with Crippen molar-refractivity contribution in [1.29, 1.82) is 0 Å². The summed E-state index contributed by atoms with van der Waals surface area (Å²) in [5, 5.41) is 24.8. The molecular formula is C22H22ClF3N6O2. The molecular weight excluding hydrogens is 473 g/mol. The molecule has 1 aromatic carbocycles. The fraction of sp³-hybridized carbons (Fsp3) is 0.409. The van der Waals surface area contributed by atoms with E-state index in [0.29, 0.717) is 6.54 Å². The topological polar surface area (TPSA) is 106 Å². The average molecular weight is 495 g/mol. The molecule has 1 amide bonds. The molecule has 3 atom stereocenters. The van der Waals surface area contributed by atoms with E-state index in [4.69, 9.17) is 11.6 Å². The molecule has 1 saturated carbocycles. The number of aliphatic hydroxyl groups is 1. The second-order valence-electron chi connectivity index (χ2n) is 8.27. The van der Waals surface area contributed by atoms with Crippen LogP contribution in [0.1, 0.15) is 44.8 Å². The molecule has 3 aromatic rings. The van der Waals surface area contributed by atoms with E-state index in [-0.39, 0.29) is 52.5 Å². The van der Waals surface area contributed by atoms with Crippen molar-refractivity contribution in [3.8, 4) is 22.5 Å². The molecule has 180 valence electrons. The lowest BCUT2D eigenvalue weighted by molar-refractivity contribution is -0.140. The van der Waals surface area contributed by atoms with Crippen LogP contribution in [0.15, 0.2) is 24.4 Å². The number of carbonyl (C=O) groups is 1. The molecule has 2 heterocycles. The molecule has 0 spiro atoms. The predicted molar refractivity (Wildman–Crippen MR) is 117 cm³/mol. The van der Waals surface area contributed by atoms with E-state index in [0.717, 1.165) is 12.1 Å². The second kappa shape index (κ2) is 9.30. The van der Waals surface area contributed by atoms with E-state index in [1.807, 2.05) is 0 Å². The van der Waals surface area contributed by atoms with Crippen molar-refractivity contribution in [2.45, 2.75) is 57.5 Å². The highest BCUT2D eigenvalue weighted by molar-refractivity contribution is 6.31. The molecule has 1 fully saturated rings. The Hall–Kier alpha value is -3.05. The van der Waals surface area contributed by atoms with Crippen LogP contribution < -0.4 is 5.32 Å². The van der Waals surface area contributed by atoms with Gasteiger partial charge in [-0.3, -0.25) is 9.78 Å². The van der Waals surface area contributed by atoms with Gasteiger partial charge in [-0.15, -0.1) is 10.2 Å². The molecule has 4 rings (SSSR count). The molecule has 2 aromatic heterocycles. The summed E-state index contributed by atoms with van der Waals surface area (Å²) < 4.78 is 43.4. The van der Waals surface area contributed by atoms with Gasteiger partial charge in [-0.25, -0.2) is 13.2 Å². The maximum atomic E-state index is 15.1. The lowest BCUT2D eigenvalue weighted by Crippen LogP contribution is -2.46. The zero-order valence-electron chi connectivity index (χ0n) is 18.4. The molecule has 2 unspecified atom stereocenters. The fourth-order valence-electron chi connectivity index (χ4n) is 3.99. The molecule has 1 aliphatic rings. The molecule has 0 aliphatic heterocycles. The van der Waals surface area contributed by atoms with E-state index in [2.05, 4.69) is 25.7 Å². The van der Waals surface area contributed by atoms with E-state index < -0.39 is 35.4 Å². The fourth-order valence-corrected chi connectivity index (χ4v) is 4.20. The predicted octanol–water partition coefficient (Wildman–Crippen LogP) is 3.78. The van der Waals surface area contributed by atoms with Gasteiger partial charge in [0.05, 0.1) is 23.8 Å². The lowest BCUT2D eigenvalue weighted by Gasteiger charge is -2.24. The minimum atomic E-state index is -1.83. The standard InChI is InChI=1S/C22H22ClF3N6O2/c1-3-32-30-20(29-31-32)18-15(7-13(23)8-16(18)25)12-6-17(26)19(27-10-12)11(2)28-21(33)22(34)5-4-14(24)9-22/h6-8,10-11,14,34H,3-5,9H2,1-2H3,(H,28,33)/t11-,14?,22?/m1/s1. The Bertz CT molecular complexity index is 1240. The van der Waals surface area contributed by atoms with Gasteiger partial charge in [-0.2, -0.15) is 4.80 Å². The van der Waals surface area contributed by atoms with Crippen molar-refractivity contribution in [1.82, 2.24) is 30.5 Å². The zero-order valence-corrected chi connectivity index (χ0v) is 19.2. The van der Waals surface area contributed by atoms with E-state index in [9.17, 15) is 18.7 Å². The maximum absolute atomic E-state index is 15.1. The van der Waals surface area contributed by atoms with Crippen molar-refractivity contribution >= 4 is 17.5 Å². The van der Waals surface area contributed by atoms with Gasteiger partial charge in [0.2, 0.25) is 5.82 Å². The van der Waals surface area contributed by atoms with Gasteiger partial charge in [0.25, 0.3) is 5.91 Å². The monoisotopic (exact) mass is 494 g/mol. The number of nitrogens with zero attached hydrogens (tertiary/aromatic N) is 5. The smallest absolute Gasteiger partial charge is 0.252 e. The number of carbonyl (C=O) groups excluding carboxylic acids is 1. The highest BCUT2D eigenvalue weighted by Crippen LogP contribution is 2.36. The lowest BCUT2D eigenvalue weighted by atomic mass is 9.98. The number of hydrogen-bond donors (Lipinski definition) is 2. The maximum Gasteiger partial charge on any atom is 0.252 e. The number of hydrogen-bond acceptors (Lipinski definition) is 6. The normalized spacial score (nSPS) is 21.0. The van der Waals surface area contributed by atoms with Crippen LogP contribution >= 0.6 is 11.6 Å². The number of benzene rings is 1. The van der Waals surface area contributed by atoms with Crippen LogP contribution in [-0.4, -0.2) is 48.0 Å². The van der Waals surface area contributed by atoms with Gasteiger partial charge in [-0.05, 0) is 55.7 Å². The Balaban J connectivity index is 1.64. The molecule has 0 saturated heterocycles. The van der Waals surface area contributed by atoms with Gasteiger partial charge < -0.3 is 10.4 Å². The summed E-state index contributed by atoms with van der Waals surface area (Å²) in [6.45, 7) is 3.71. The van der Waals surface area contributed by atoms with Crippen LogP contribution in [0.25, 0.3) is 22.5 Å². The molecule has 8 nitrogen and oxygen atoms in total. The minimum Gasteiger partial charge on any atom is -0.380 e. The van der Waals surface area contributed by atoms with Crippen molar-refractivity contribution in [2.75, 3.05) is 0 Å². The first-order valence-electron chi connectivity index (χ1n) is 10.7. The van der Waals surface area contributed by atoms with Gasteiger partial charge >= 0.3 is 0 Å². The van der Waals surface area contributed by atoms with Crippen LogP contribution in [0.3, 0.4) is 0 Å². The van der Waals surface area contributed by atoms with Crippen LogP contribution in [-0.2, 0) is 11.3 Å². The van der Waals surface area contributed by atoms with E-state index in [1.165, 1.54) is 24.0 Å². The van der Waals surface area contributed by atoms with Crippen LogP contribution in [0.4, 0.5) is 13.2 Å². The van der Waals surface area contributed by atoms with Crippen LogP contribution in [0.2, 0.25) is 5.02 Å². The first kappa shape index (κ1) is 24.1. The summed E-state index contributed by atoms with van der Waals surface area (Å²) in [7, 11) is 0. The van der Waals surface area contributed by atoms with Crippen LogP contribution in [0.5, 0.6) is 0 Å². The Morgan fingerprint density at radius 2 is 2.12 bits per heavy atom. The summed E-state index contributed by atoms with van der Waals surface area (Å²) in [5.74, 6) is -2.26. The van der Waals surface area contributed by atoms with Crippen LogP contribution in [0, 0.1) is 11.6 Å². The molecule has 0 radical (unpaired) electrons. The van der Waals surface area contributed by atoms with E-state index in [1.54, 1.807) is 6.92 Å². The molecule has 12 heteroatoms. The minimum absolute atomic E-state index is 0.00658. The first-order valence-corrected chi connectivity index (χ1v) is 11.1. The number of halogens is 4. The van der Waals surface area contributed by atoms with Crippen molar-refractivity contribution in [2.24, 2.45) is 0 Å². The summed E-state index contributed by atoms with van der Waals surface area (Å²) in [6.07, 6.45) is -0.191. The quantitative estimate of drug-likeness (QED) is 0.540. The SMILES string of the molecule is CCn1nnc(-c2c(F)cc(Cl)cc2-c2cnc([C@@H](C)NC(=O)C3(O)CCC(F)C3)c(F)c2)n1. The highest BCUT2D eigenvalue weighted by atomic mass is 35.5. The van der Waals surface area contributed by atoms with Crippen molar-refractivity contribution in [3.05, 3.63) is 46.7 Å². The van der Waals surface area contributed by atoms with Gasteiger partial charge in [-0.1, -0.05) is 11.6 Å². The molecule has 1 aliphatic carbocycles. The number of pyridine rings is 1. The Morgan fingerprint density at radius 3 is 2.74 bits per heavy atom. The number of aromatic nitrogens is 5. The third-order valence-electron chi connectivity index (χ3n) is 5.81. The number of rotatable bonds is 6. The summed E-state index contributed by atoms with van der Waals surface area (Å²) >= 11 is 6.04. The Morgan fingerprint density at radius 1 is 1.35 bits per heavy atom. The third-order valence-corrected chi connectivity index (χ3v) is 6.02. The van der Waals surface area contributed by atoms with Gasteiger partial charge in [0.1, 0.15) is 23.4 Å². The van der Waals surface area contributed by atoms with Gasteiger partial charge in [0.15, 0.2) is 0 Å². The number of tetrazole rings is 1. The number of aryl methyl sites for hydroxylation is 1. The Kier molecular flexibility index (Phi) is 6.59.